The molecule has 0 bridgehead atoms. The third-order valence-corrected chi connectivity index (χ3v) is 4.15. The quantitative estimate of drug-likeness (QED) is 0.800. The van der Waals surface area contributed by atoms with E-state index in [9.17, 15) is 9.18 Å². The van der Waals surface area contributed by atoms with Crippen LogP contribution in [0.3, 0.4) is 0 Å². The summed E-state index contributed by atoms with van der Waals surface area (Å²) in [5.41, 5.74) is 0. The van der Waals surface area contributed by atoms with E-state index in [0.717, 1.165) is 12.8 Å². The summed E-state index contributed by atoms with van der Waals surface area (Å²) in [7, 11) is 0. The van der Waals surface area contributed by atoms with E-state index in [0.29, 0.717) is 23.8 Å². The summed E-state index contributed by atoms with van der Waals surface area (Å²) in [4.78, 5) is 14.4. The molecule has 0 radical (unpaired) electrons. The second kappa shape index (κ2) is 5.43. The van der Waals surface area contributed by atoms with Crippen LogP contribution in [0.15, 0.2) is 24.3 Å². The number of rotatable bonds is 6. The summed E-state index contributed by atoms with van der Waals surface area (Å²) < 4.78 is 18.3. The van der Waals surface area contributed by atoms with Crippen LogP contribution in [0.1, 0.15) is 32.6 Å². The molecule has 20 heavy (non-hydrogen) atoms. The van der Waals surface area contributed by atoms with E-state index in [2.05, 4.69) is 6.92 Å². The van der Waals surface area contributed by atoms with Gasteiger partial charge in [-0.3, -0.25) is 4.79 Å². The largest absolute Gasteiger partial charge is 0.484 e. The zero-order valence-electron chi connectivity index (χ0n) is 11.7. The van der Waals surface area contributed by atoms with Crippen molar-refractivity contribution in [3.63, 3.8) is 0 Å². The molecule has 0 N–H and O–H groups in total. The maximum absolute atomic E-state index is 12.8. The molecule has 0 spiro atoms. The van der Waals surface area contributed by atoms with Crippen molar-refractivity contribution in [2.75, 3.05) is 6.61 Å². The van der Waals surface area contributed by atoms with Gasteiger partial charge in [-0.25, -0.2) is 4.39 Å². The first-order valence-corrected chi connectivity index (χ1v) is 7.34. The van der Waals surface area contributed by atoms with Crippen LogP contribution in [0.4, 0.5) is 4.39 Å². The highest BCUT2D eigenvalue weighted by atomic mass is 19.1. The van der Waals surface area contributed by atoms with E-state index in [4.69, 9.17) is 4.74 Å². The van der Waals surface area contributed by atoms with Crippen LogP contribution in [0.25, 0.3) is 0 Å². The van der Waals surface area contributed by atoms with Gasteiger partial charge < -0.3 is 9.64 Å². The van der Waals surface area contributed by atoms with Crippen molar-refractivity contribution in [1.29, 1.82) is 0 Å². The van der Waals surface area contributed by atoms with Gasteiger partial charge in [0.05, 0.1) is 0 Å². The number of nitrogens with zero attached hydrogens (tertiary/aromatic N) is 1. The lowest BCUT2D eigenvalue weighted by Crippen LogP contribution is -2.44. The van der Waals surface area contributed by atoms with E-state index in [1.807, 2.05) is 4.90 Å². The van der Waals surface area contributed by atoms with E-state index in [1.54, 1.807) is 12.1 Å². The fourth-order valence-electron chi connectivity index (χ4n) is 2.67. The van der Waals surface area contributed by atoms with Gasteiger partial charge in [0.25, 0.3) is 5.91 Å². The molecule has 2 saturated carbocycles. The lowest BCUT2D eigenvalue weighted by atomic mass is 10.1. The summed E-state index contributed by atoms with van der Waals surface area (Å²) in [6, 6.07) is 6.51. The summed E-state index contributed by atoms with van der Waals surface area (Å²) in [6.45, 7) is 2.19. The normalized spacial score (nSPS) is 19.5. The molecule has 4 heteroatoms. The Balaban J connectivity index is 1.57. The number of halogens is 1. The van der Waals surface area contributed by atoms with E-state index in [1.165, 1.54) is 25.0 Å². The van der Waals surface area contributed by atoms with Crippen LogP contribution in [0, 0.1) is 11.7 Å². The first kappa shape index (κ1) is 13.4. The van der Waals surface area contributed by atoms with Crippen LogP contribution in [-0.4, -0.2) is 29.5 Å². The minimum Gasteiger partial charge on any atom is -0.484 e. The summed E-state index contributed by atoms with van der Waals surface area (Å²) in [6.07, 6.45) is 4.69. The Bertz CT molecular complexity index is 480. The topological polar surface area (TPSA) is 29.5 Å². The average Bonchev–Trinajstić information content (AvgIpc) is 3.29. The molecule has 1 aromatic carbocycles. The lowest BCUT2D eigenvalue weighted by Gasteiger charge is -2.29. The van der Waals surface area contributed by atoms with E-state index >= 15 is 0 Å². The number of benzene rings is 1. The predicted molar refractivity (Wildman–Crippen MR) is 73.9 cm³/mol. The molecule has 0 aliphatic heterocycles. The molecule has 1 aromatic rings. The molecule has 108 valence electrons. The van der Waals surface area contributed by atoms with Crippen molar-refractivity contribution >= 4 is 5.91 Å². The fraction of sp³-hybridized carbons (Fsp3) is 0.562. The van der Waals surface area contributed by atoms with E-state index < -0.39 is 0 Å². The van der Waals surface area contributed by atoms with Gasteiger partial charge in [-0.05, 0) is 62.8 Å². The fourth-order valence-corrected chi connectivity index (χ4v) is 2.67. The number of carbonyl (C=O) groups is 1. The molecule has 2 aliphatic rings. The molecule has 2 fully saturated rings. The number of hydrogen-bond acceptors (Lipinski definition) is 2. The Kier molecular flexibility index (Phi) is 3.64. The third kappa shape index (κ3) is 3.11. The molecule has 0 heterocycles. The summed E-state index contributed by atoms with van der Waals surface area (Å²) >= 11 is 0. The SMILES string of the molecule is CC(C1CC1)N(C(=O)COc1ccc(F)cc1)C1CC1. The standard InChI is InChI=1S/C16H20FNO2/c1-11(12-2-3-12)18(14-6-7-14)16(19)10-20-15-8-4-13(17)5-9-15/h4-5,8-9,11-12,14H,2-3,6-7,10H2,1H3. The molecule has 1 unspecified atom stereocenters. The monoisotopic (exact) mass is 277 g/mol. The van der Waals surface area contributed by atoms with Crippen LogP contribution < -0.4 is 4.74 Å². The number of ether oxygens (including phenoxy) is 1. The highest BCUT2D eigenvalue weighted by molar-refractivity contribution is 5.78. The molecular weight excluding hydrogens is 257 g/mol. The van der Waals surface area contributed by atoms with Crippen molar-refractivity contribution < 1.29 is 13.9 Å². The smallest absolute Gasteiger partial charge is 0.261 e. The van der Waals surface area contributed by atoms with Crippen molar-refractivity contribution in [3.8, 4) is 5.75 Å². The van der Waals surface area contributed by atoms with Gasteiger partial charge in [-0.15, -0.1) is 0 Å². The van der Waals surface area contributed by atoms with Gasteiger partial charge in [0.15, 0.2) is 6.61 Å². The number of carbonyl (C=O) groups excluding carboxylic acids is 1. The second-order valence-electron chi connectivity index (χ2n) is 5.85. The van der Waals surface area contributed by atoms with Crippen LogP contribution in [0.5, 0.6) is 5.75 Å². The first-order chi connectivity index (χ1) is 9.65. The minimum absolute atomic E-state index is 0.0409. The zero-order chi connectivity index (χ0) is 14.1. The van der Waals surface area contributed by atoms with Gasteiger partial charge in [0, 0.05) is 12.1 Å². The lowest BCUT2D eigenvalue weighted by molar-refractivity contribution is -0.136. The van der Waals surface area contributed by atoms with Gasteiger partial charge in [-0.2, -0.15) is 0 Å². The van der Waals surface area contributed by atoms with Crippen LogP contribution >= 0.6 is 0 Å². The second-order valence-corrected chi connectivity index (χ2v) is 5.85. The molecular formula is C16H20FNO2. The average molecular weight is 277 g/mol. The van der Waals surface area contributed by atoms with Gasteiger partial charge in [-0.1, -0.05) is 0 Å². The minimum atomic E-state index is -0.300. The molecule has 1 atom stereocenters. The Hall–Kier alpha value is -1.58. The Morgan fingerprint density at radius 3 is 2.50 bits per heavy atom. The molecule has 0 aromatic heterocycles. The Morgan fingerprint density at radius 2 is 1.95 bits per heavy atom. The molecule has 3 rings (SSSR count). The van der Waals surface area contributed by atoms with Crippen molar-refractivity contribution in [2.24, 2.45) is 5.92 Å². The zero-order valence-corrected chi connectivity index (χ0v) is 11.7. The third-order valence-electron chi connectivity index (χ3n) is 4.15. The predicted octanol–water partition coefficient (Wildman–Crippen LogP) is 2.99. The summed E-state index contributed by atoms with van der Waals surface area (Å²) in [5, 5.41) is 0. The molecule has 1 amide bonds. The highest BCUT2D eigenvalue weighted by Crippen LogP contribution is 2.39. The molecule has 3 nitrogen and oxygen atoms in total. The maximum Gasteiger partial charge on any atom is 0.261 e. The Labute approximate surface area is 118 Å². The molecule has 0 saturated heterocycles. The highest BCUT2D eigenvalue weighted by Gasteiger charge is 2.41. The van der Waals surface area contributed by atoms with Gasteiger partial charge in [0.1, 0.15) is 11.6 Å². The van der Waals surface area contributed by atoms with Crippen molar-refractivity contribution in [2.45, 2.75) is 44.7 Å². The van der Waals surface area contributed by atoms with E-state index in [-0.39, 0.29) is 18.3 Å². The maximum atomic E-state index is 12.8. The molecule has 2 aliphatic carbocycles. The van der Waals surface area contributed by atoms with Gasteiger partial charge >= 0.3 is 0 Å². The first-order valence-electron chi connectivity index (χ1n) is 7.34. The Morgan fingerprint density at radius 1 is 1.30 bits per heavy atom. The summed E-state index contributed by atoms with van der Waals surface area (Å²) in [5.74, 6) is 0.960. The van der Waals surface area contributed by atoms with Crippen LogP contribution in [0.2, 0.25) is 0 Å². The number of hydrogen-bond donors (Lipinski definition) is 0. The van der Waals surface area contributed by atoms with Crippen molar-refractivity contribution in [1.82, 2.24) is 4.90 Å². The van der Waals surface area contributed by atoms with Gasteiger partial charge in [0.2, 0.25) is 0 Å². The van der Waals surface area contributed by atoms with Crippen molar-refractivity contribution in [3.05, 3.63) is 30.1 Å². The number of amides is 1. The van der Waals surface area contributed by atoms with Crippen LogP contribution in [-0.2, 0) is 4.79 Å².